The van der Waals surface area contributed by atoms with Gasteiger partial charge in [0, 0.05) is 6.07 Å². The van der Waals surface area contributed by atoms with Crippen molar-refractivity contribution in [3.63, 3.8) is 0 Å². The molecule has 1 heterocycles. The first-order valence-electron chi connectivity index (χ1n) is 10.1. The molecular formula is C24H28N2O5. The number of methoxy groups -OCH3 is 2. The lowest BCUT2D eigenvalue weighted by atomic mass is 10.1. The van der Waals surface area contributed by atoms with Crippen molar-refractivity contribution in [3.8, 4) is 23.1 Å². The van der Waals surface area contributed by atoms with Gasteiger partial charge in [-0.15, -0.1) is 0 Å². The molecule has 1 aromatic heterocycles. The van der Waals surface area contributed by atoms with E-state index in [4.69, 9.17) is 14.2 Å². The molecule has 31 heavy (non-hydrogen) atoms. The first-order chi connectivity index (χ1) is 14.7. The lowest BCUT2D eigenvalue weighted by Gasteiger charge is -2.16. The normalized spacial score (nSPS) is 10.9. The molecule has 0 atom stereocenters. The van der Waals surface area contributed by atoms with Crippen molar-refractivity contribution in [2.45, 2.75) is 40.2 Å². The molecule has 0 saturated carbocycles. The lowest BCUT2D eigenvalue weighted by molar-refractivity contribution is 0.393. The van der Waals surface area contributed by atoms with Crippen molar-refractivity contribution in [2.24, 2.45) is 0 Å². The minimum Gasteiger partial charge on any atom is -0.497 e. The summed E-state index contributed by atoms with van der Waals surface area (Å²) in [6, 6.07) is 11.0. The molecular weight excluding hydrogens is 396 g/mol. The van der Waals surface area contributed by atoms with Crippen LogP contribution in [-0.4, -0.2) is 23.8 Å². The first-order valence-corrected chi connectivity index (χ1v) is 10.1. The van der Waals surface area contributed by atoms with Crippen LogP contribution in [0.15, 0.2) is 46.0 Å². The van der Waals surface area contributed by atoms with Gasteiger partial charge in [-0.2, -0.15) is 0 Å². The Balaban J connectivity index is 2.07. The van der Waals surface area contributed by atoms with E-state index < -0.39 is 5.69 Å². The van der Waals surface area contributed by atoms with Crippen molar-refractivity contribution in [3.05, 3.63) is 79.5 Å². The highest BCUT2D eigenvalue weighted by atomic mass is 16.5. The average molecular weight is 424 g/mol. The third-order valence-corrected chi connectivity index (χ3v) is 4.93. The summed E-state index contributed by atoms with van der Waals surface area (Å²) in [6.45, 7) is 7.79. The van der Waals surface area contributed by atoms with Crippen LogP contribution < -0.4 is 25.5 Å². The maximum Gasteiger partial charge on any atom is 0.331 e. The Hall–Kier alpha value is -3.48. The van der Waals surface area contributed by atoms with Crippen LogP contribution in [0.25, 0.3) is 0 Å². The standard InChI is InChI=1S/C24H28N2O5/c1-14(2)21-22(31-20-8-15(3)7-16(4)9-20)25-24(28)26(23(21)27)13-17-10-18(29-5)12-19(11-17)30-6/h7-12,14H,13H2,1-6H3,(H,25,28). The zero-order valence-electron chi connectivity index (χ0n) is 18.7. The largest absolute Gasteiger partial charge is 0.497 e. The van der Waals surface area contributed by atoms with E-state index in [0.717, 1.165) is 15.7 Å². The molecule has 0 aliphatic heterocycles. The molecule has 2 aromatic carbocycles. The fourth-order valence-corrected chi connectivity index (χ4v) is 3.55. The third kappa shape index (κ3) is 4.99. The number of ether oxygens (including phenoxy) is 3. The van der Waals surface area contributed by atoms with Gasteiger partial charge in [0.2, 0.25) is 5.88 Å². The number of nitrogens with zero attached hydrogens (tertiary/aromatic N) is 1. The molecule has 7 nitrogen and oxygen atoms in total. The number of H-pyrrole nitrogens is 1. The van der Waals surface area contributed by atoms with E-state index in [1.165, 1.54) is 0 Å². The van der Waals surface area contributed by atoms with Gasteiger partial charge < -0.3 is 14.2 Å². The molecule has 0 unspecified atom stereocenters. The topological polar surface area (TPSA) is 82.5 Å². The Bertz CT molecular complexity index is 1170. The smallest absolute Gasteiger partial charge is 0.331 e. The van der Waals surface area contributed by atoms with Crippen LogP contribution in [0, 0.1) is 13.8 Å². The number of aromatic nitrogens is 2. The molecule has 0 amide bonds. The summed E-state index contributed by atoms with van der Waals surface area (Å²) in [7, 11) is 3.10. The molecule has 0 bridgehead atoms. The Kier molecular flexibility index (Phi) is 6.53. The number of benzene rings is 2. The van der Waals surface area contributed by atoms with E-state index in [2.05, 4.69) is 4.98 Å². The molecule has 0 aliphatic rings. The lowest BCUT2D eigenvalue weighted by Crippen LogP contribution is -2.38. The van der Waals surface area contributed by atoms with Gasteiger partial charge in [-0.05, 0) is 60.7 Å². The molecule has 0 aliphatic carbocycles. The van der Waals surface area contributed by atoms with Crippen LogP contribution in [-0.2, 0) is 6.54 Å². The molecule has 0 saturated heterocycles. The number of aromatic amines is 1. The van der Waals surface area contributed by atoms with Crippen molar-refractivity contribution in [2.75, 3.05) is 14.2 Å². The fraction of sp³-hybridized carbons (Fsp3) is 0.333. The van der Waals surface area contributed by atoms with Crippen LogP contribution in [0.4, 0.5) is 0 Å². The van der Waals surface area contributed by atoms with Crippen molar-refractivity contribution >= 4 is 0 Å². The number of hydrogen-bond donors (Lipinski definition) is 1. The van der Waals surface area contributed by atoms with Gasteiger partial charge in [-0.3, -0.25) is 14.3 Å². The van der Waals surface area contributed by atoms with Crippen molar-refractivity contribution in [1.29, 1.82) is 0 Å². The summed E-state index contributed by atoms with van der Waals surface area (Å²) in [5.74, 6) is 1.76. The van der Waals surface area contributed by atoms with E-state index in [9.17, 15) is 9.59 Å². The van der Waals surface area contributed by atoms with Gasteiger partial charge in [-0.25, -0.2) is 4.79 Å². The highest BCUT2D eigenvalue weighted by Gasteiger charge is 2.19. The Morgan fingerprint density at radius 2 is 1.45 bits per heavy atom. The third-order valence-electron chi connectivity index (χ3n) is 4.93. The van der Waals surface area contributed by atoms with Gasteiger partial charge >= 0.3 is 5.69 Å². The van der Waals surface area contributed by atoms with E-state index in [1.54, 1.807) is 32.4 Å². The van der Waals surface area contributed by atoms with Crippen LogP contribution in [0.1, 0.15) is 42.0 Å². The molecule has 3 rings (SSSR count). The molecule has 3 aromatic rings. The van der Waals surface area contributed by atoms with E-state index >= 15 is 0 Å². The molecule has 7 heteroatoms. The summed E-state index contributed by atoms with van der Waals surface area (Å²) in [4.78, 5) is 28.9. The minimum atomic E-state index is -0.546. The van der Waals surface area contributed by atoms with Gasteiger partial charge in [0.05, 0.1) is 26.3 Å². The van der Waals surface area contributed by atoms with Gasteiger partial charge in [0.1, 0.15) is 17.2 Å². The number of rotatable bonds is 7. The summed E-state index contributed by atoms with van der Waals surface area (Å²) in [5.41, 5.74) is 2.25. The molecule has 0 fully saturated rings. The Morgan fingerprint density at radius 1 is 0.871 bits per heavy atom. The van der Waals surface area contributed by atoms with Crippen LogP contribution in [0.3, 0.4) is 0 Å². The summed E-state index contributed by atoms with van der Waals surface area (Å²) in [5, 5.41) is 0. The molecule has 164 valence electrons. The fourth-order valence-electron chi connectivity index (χ4n) is 3.55. The highest BCUT2D eigenvalue weighted by Crippen LogP contribution is 2.27. The van der Waals surface area contributed by atoms with Crippen molar-refractivity contribution < 1.29 is 14.2 Å². The predicted molar refractivity (Wildman–Crippen MR) is 120 cm³/mol. The molecule has 1 N–H and O–H groups in total. The van der Waals surface area contributed by atoms with E-state index in [1.807, 2.05) is 45.9 Å². The number of nitrogens with one attached hydrogen (secondary N) is 1. The monoisotopic (exact) mass is 424 g/mol. The quantitative estimate of drug-likeness (QED) is 0.617. The maximum absolute atomic E-state index is 13.3. The molecule has 0 spiro atoms. The van der Waals surface area contributed by atoms with Gasteiger partial charge in [0.15, 0.2) is 0 Å². The predicted octanol–water partition coefficient (Wildman–Crippen LogP) is 4.13. The zero-order chi connectivity index (χ0) is 22.7. The summed E-state index contributed by atoms with van der Waals surface area (Å²) >= 11 is 0. The van der Waals surface area contributed by atoms with Gasteiger partial charge in [-0.1, -0.05) is 19.9 Å². The average Bonchev–Trinajstić information content (AvgIpc) is 2.69. The maximum atomic E-state index is 13.3. The van der Waals surface area contributed by atoms with E-state index in [0.29, 0.717) is 28.4 Å². The van der Waals surface area contributed by atoms with E-state index in [-0.39, 0.29) is 23.9 Å². The molecule has 0 radical (unpaired) electrons. The first kappa shape index (κ1) is 22.2. The van der Waals surface area contributed by atoms with Crippen LogP contribution in [0.5, 0.6) is 23.1 Å². The summed E-state index contributed by atoms with van der Waals surface area (Å²) < 4.78 is 17.7. The second-order valence-corrected chi connectivity index (χ2v) is 7.87. The zero-order valence-corrected chi connectivity index (χ0v) is 18.7. The Morgan fingerprint density at radius 3 is 1.97 bits per heavy atom. The highest BCUT2D eigenvalue weighted by molar-refractivity contribution is 5.40. The van der Waals surface area contributed by atoms with Crippen molar-refractivity contribution in [1.82, 2.24) is 9.55 Å². The minimum absolute atomic E-state index is 0.0747. The SMILES string of the molecule is COc1cc(Cn2c(=O)[nH]c(Oc3cc(C)cc(C)c3)c(C(C)C)c2=O)cc(OC)c1. The number of aryl methyl sites for hydroxylation is 2. The second kappa shape index (κ2) is 9.12. The van der Waals surface area contributed by atoms with Crippen LogP contribution >= 0.6 is 0 Å². The van der Waals surface area contributed by atoms with Gasteiger partial charge in [0.25, 0.3) is 5.56 Å². The Labute approximate surface area is 181 Å². The van der Waals surface area contributed by atoms with Crippen LogP contribution in [0.2, 0.25) is 0 Å². The number of hydrogen-bond acceptors (Lipinski definition) is 5. The second-order valence-electron chi connectivity index (χ2n) is 7.87. The summed E-state index contributed by atoms with van der Waals surface area (Å²) in [6.07, 6.45) is 0.